The van der Waals surface area contributed by atoms with Crippen molar-refractivity contribution in [2.45, 2.75) is 38.5 Å². The number of nitrogens with two attached hydrogens (primary N) is 1. The van der Waals surface area contributed by atoms with Crippen molar-refractivity contribution in [3.8, 4) is 0 Å². The number of nitrogens with zero attached hydrogens (tertiary/aromatic N) is 2. The minimum absolute atomic E-state index is 0. The number of hydrogen-bond acceptors (Lipinski definition) is 5. The van der Waals surface area contributed by atoms with Gasteiger partial charge < -0.3 is 10.5 Å². The van der Waals surface area contributed by atoms with Crippen LogP contribution < -0.4 is 5.73 Å². The molecule has 2 heterocycles. The van der Waals surface area contributed by atoms with E-state index < -0.39 is 0 Å². The molecule has 1 saturated heterocycles. The van der Waals surface area contributed by atoms with E-state index in [1.54, 1.807) is 18.4 Å². The average molecular weight is 342 g/mol. The van der Waals surface area contributed by atoms with E-state index in [2.05, 4.69) is 35.0 Å². The number of ether oxygens (including phenoxy) is 1. The molecule has 0 spiro atoms. The molecule has 22 heavy (non-hydrogen) atoms. The normalized spacial score (nSPS) is 22.7. The van der Waals surface area contributed by atoms with E-state index in [9.17, 15) is 0 Å². The molecule has 1 aliphatic rings. The van der Waals surface area contributed by atoms with E-state index >= 15 is 0 Å². The molecule has 4 nitrogen and oxygen atoms in total. The van der Waals surface area contributed by atoms with Crippen molar-refractivity contribution in [3.63, 3.8) is 0 Å². The summed E-state index contributed by atoms with van der Waals surface area (Å²) in [5, 5.41) is 1.13. The summed E-state index contributed by atoms with van der Waals surface area (Å²) in [5.74, 6) is 0. The molecule has 0 amide bonds. The molecule has 1 fully saturated rings. The second-order valence-electron chi connectivity index (χ2n) is 5.78. The van der Waals surface area contributed by atoms with Crippen LogP contribution in [-0.4, -0.2) is 42.2 Å². The summed E-state index contributed by atoms with van der Waals surface area (Å²) in [5.41, 5.74) is 8.41. The van der Waals surface area contributed by atoms with Crippen LogP contribution in [0.5, 0.6) is 0 Å². The number of rotatable bonds is 4. The fourth-order valence-corrected chi connectivity index (χ4v) is 4.04. The third kappa shape index (κ3) is 3.78. The van der Waals surface area contributed by atoms with Crippen molar-refractivity contribution < 1.29 is 4.74 Å². The first kappa shape index (κ1) is 17.6. The van der Waals surface area contributed by atoms with Gasteiger partial charge >= 0.3 is 0 Å². The number of likely N-dealkylation sites (tertiary alicyclic amines) is 1. The molecule has 2 aromatic rings. The minimum atomic E-state index is 0. The molecule has 6 heteroatoms. The molecule has 122 valence electrons. The largest absolute Gasteiger partial charge is 0.381 e. The Morgan fingerprint density at radius 3 is 3.00 bits per heavy atom. The quantitative estimate of drug-likeness (QED) is 0.928. The fraction of sp³-hybridized carbons (Fsp3) is 0.562. The van der Waals surface area contributed by atoms with Gasteiger partial charge in [0.1, 0.15) is 0 Å². The van der Waals surface area contributed by atoms with Crippen LogP contribution in [0.1, 0.15) is 23.4 Å². The third-order valence-corrected chi connectivity index (χ3v) is 5.27. The summed E-state index contributed by atoms with van der Waals surface area (Å²) in [6.07, 6.45) is 2.49. The number of halogens is 1. The zero-order valence-corrected chi connectivity index (χ0v) is 14.8. The molecule has 2 N–H and O–H groups in total. The van der Waals surface area contributed by atoms with E-state index in [-0.39, 0.29) is 12.4 Å². The highest BCUT2D eigenvalue weighted by atomic mass is 35.5. The number of hydrogen-bond donors (Lipinski definition) is 1. The Balaban J connectivity index is 0.00000176. The standard InChI is InChI=1S/C16H23N3OS.ClH/c1-11-18-15-4-3-12(7-16(15)21-11)10-19-6-5-14(20-2)8-13(19)9-17;/h3-4,7,13-14H,5-6,8-10,17H2,1-2H3;1H. The number of fused-ring (bicyclic) bond motifs is 1. The predicted octanol–water partition coefficient (Wildman–Crippen LogP) is 2.96. The second-order valence-corrected chi connectivity index (χ2v) is 7.01. The van der Waals surface area contributed by atoms with E-state index in [0.717, 1.165) is 36.5 Å². The van der Waals surface area contributed by atoms with Crippen LogP contribution in [0.2, 0.25) is 0 Å². The smallest absolute Gasteiger partial charge is 0.0907 e. The Kier molecular flexibility index (Phi) is 6.17. The molecule has 0 aliphatic carbocycles. The van der Waals surface area contributed by atoms with Gasteiger partial charge in [0.15, 0.2) is 0 Å². The van der Waals surface area contributed by atoms with Gasteiger partial charge in [-0.05, 0) is 37.5 Å². The van der Waals surface area contributed by atoms with Crippen LogP contribution in [-0.2, 0) is 11.3 Å². The second kappa shape index (κ2) is 7.70. The number of aryl methyl sites for hydroxylation is 1. The Labute approximate surface area is 142 Å². The summed E-state index contributed by atoms with van der Waals surface area (Å²) in [6.45, 7) is 4.78. The van der Waals surface area contributed by atoms with Crippen molar-refractivity contribution in [2.24, 2.45) is 5.73 Å². The molecule has 1 aliphatic heterocycles. The van der Waals surface area contributed by atoms with Gasteiger partial charge in [-0.2, -0.15) is 0 Å². The lowest BCUT2D eigenvalue weighted by Gasteiger charge is -2.38. The molecule has 0 bridgehead atoms. The van der Waals surface area contributed by atoms with Crippen LogP contribution in [0.4, 0.5) is 0 Å². The number of benzene rings is 1. The van der Waals surface area contributed by atoms with Gasteiger partial charge in [-0.25, -0.2) is 4.98 Å². The van der Waals surface area contributed by atoms with Crippen molar-refractivity contribution in [3.05, 3.63) is 28.8 Å². The molecule has 2 unspecified atom stereocenters. The van der Waals surface area contributed by atoms with E-state index in [4.69, 9.17) is 10.5 Å². The number of thiazole rings is 1. The maximum absolute atomic E-state index is 5.95. The van der Waals surface area contributed by atoms with Gasteiger partial charge in [0.05, 0.1) is 21.3 Å². The van der Waals surface area contributed by atoms with Crippen molar-refractivity contribution in [1.29, 1.82) is 0 Å². The van der Waals surface area contributed by atoms with Crippen LogP contribution >= 0.6 is 23.7 Å². The average Bonchev–Trinajstić information content (AvgIpc) is 2.87. The number of aromatic nitrogens is 1. The van der Waals surface area contributed by atoms with Gasteiger partial charge in [0, 0.05) is 32.8 Å². The molecule has 1 aromatic carbocycles. The van der Waals surface area contributed by atoms with Gasteiger partial charge in [-0.15, -0.1) is 23.7 Å². The van der Waals surface area contributed by atoms with E-state index in [1.165, 1.54) is 10.3 Å². The predicted molar refractivity (Wildman–Crippen MR) is 94.9 cm³/mol. The molecule has 2 atom stereocenters. The topological polar surface area (TPSA) is 51.4 Å². The first-order valence-corrected chi connectivity index (χ1v) is 8.34. The maximum Gasteiger partial charge on any atom is 0.0907 e. The van der Waals surface area contributed by atoms with Gasteiger partial charge in [-0.1, -0.05) is 6.07 Å². The Hall–Kier alpha value is -0.720. The van der Waals surface area contributed by atoms with Crippen LogP contribution in [0.3, 0.4) is 0 Å². The molecule has 3 rings (SSSR count). The summed E-state index contributed by atoms with van der Waals surface area (Å²) in [6, 6.07) is 7.02. The number of piperidine rings is 1. The molecule has 1 aromatic heterocycles. The van der Waals surface area contributed by atoms with Crippen molar-refractivity contribution in [1.82, 2.24) is 9.88 Å². The lowest BCUT2D eigenvalue weighted by molar-refractivity contribution is 0.0102. The van der Waals surface area contributed by atoms with Crippen molar-refractivity contribution >= 4 is 34.0 Å². The monoisotopic (exact) mass is 341 g/mol. The Morgan fingerprint density at radius 2 is 2.27 bits per heavy atom. The fourth-order valence-electron chi connectivity index (χ4n) is 3.15. The van der Waals surface area contributed by atoms with Crippen LogP contribution in [0.25, 0.3) is 10.2 Å². The van der Waals surface area contributed by atoms with Gasteiger partial charge in [0.2, 0.25) is 0 Å². The molecule has 0 saturated carbocycles. The summed E-state index contributed by atoms with van der Waals surface area (Å²) in [4.78, 5) is 7.01. The van der Waals surface area contributed by atoms with Gasteiger partial charge in [0.25, 0.3) is 0 Å². The van der Waals surface area contributed by atoms with Crippen LogP contribution in [0.15, 0.2) is 18.2 Å². The van der Waals surface area contributed by atoms with Crippen LogP contribution in [0, 0.1) is 6.92 Å². The molecule has 0 radical (unpaired) electrons. The first-order chi connectivity index (χ1) is 10.2. The Morgan fingerprint density at radius 1 is 1.45 bits per heavy atom. The zero-order chi connectivity index (χ0) is 14.8. The molecular formula is C16H24ClN3OS. The highest BCUT2D eigenvalue weighted by molar-refractivity contribution is 7.18. The van der Waals surface area contributed by atoms with E-state index in [1.807, 2.05) is 0 Å². The zero-order valence-electron chi connectivity index (χ0n) is 13.1. The minimum Gasteiger partial charge on any atom is -0.381 e. The highest BCUT2D eigenvalue weighted by Crippen LogP contribution is 2.25. The Bertz CT molecular complexity index is 618. The summed E-state index contributed by atoms with van der Waals surface area (Å²) >= 11 is 1.76. The van der Waals surface area contributed by atoms with Gasteiger partial charge in [-0.3, -0.25) is 4.90 Å². The lowest BCUT2D eigenvalue weighted by atomic mass is 9.98. The maximum atomic E-state index is 5.95. The molecular weight excluding hydrogens is 318 g/mol. The van der Waals surface area contributed by atoms with E-state index in [0.29, 0.717) is 18.7 Å². The lowest BCUT2D eigenvalue weighted by Crippen LogP contribution is -2.47. The third-order valence-electron chi connectivity index (χ3n) is 4.34. The number of methoxy groups -OCH3 is 1. The SMILES string of the molecule is COC1CCN(Cc2ccc3nc(C)sc3c2)C(CN)C1.Cl. The highest BCUT2D eigenvalue weighted by Gasteiger charge is 2.27. The van der Waals surface area contributed by atoms with Crippen molar-refractivity contribution in [2.75, 3.05) is 20.2 Å². The summed E-state index contributed by atoms with van der Waals surface area (Å²) in [7, 11) is 1.80. The first-order valence-electron chi connectivity index (χ1n) is 7.52. The summed E-state index contributed by atoms with van der Waals surface area (Å²) < 4.78 is 6.77.